The van der Waals surface area contributed by atoms with Crippen LogP contribution in [-0.2, 0) is 4.74 Å². The molecule has 0 radical (unpaired) electrons. The number of aromatic nitrogens is 2. The van der Waals surface area contributed by atoms with Gasteiger partial charge in [0.2, 0.25) is 5.95 Å². The van der Waals surface area contributed by atoms with E-state index in [0.717, 1.165) is 12.1 Å². The van der Waals surface area contributed by atoms with Gasteiger partial charge >= 0.3 is 6.03 Å². The summed E-state index contributed by atoms with van der Waals surface area (Å²) in [5.41, 5.74) is 0.912. The van der Waals surface area contributed by atoms with E-state index in [4.69, 9.17) is 4.74 Å². The zero-order valence-electron chi connectivity index (χ0n) is 14.8. The van der Waals surface area contributed by atoms with Gasteiger partial charge in [-0.3, -0.25) is 0 Å². The maximum atomic E-state index is 13.7. The van der Waals surface area contributed by atoms with Gasteiger partial charge in [0.15, 0.2) is 17.5 Å². The molecule has 1 fully saturated rings. The number of hydrogen-bond acceptors (Lipinski definition) is 5. The SMILES string of the molecule is Cc1nc(N2CCOCC2)nc(C)c1NC(=O)Nc1ccc(F)c(F)c1F. The van der Waals surface area contributed by atoms with Crippen LogP contribution in [0.5, 0.6) is 0 Å². The number of morpholine rings is 1. The van der Waals surface area contributed by atoms with Crippen LogP contribution in [0.1, 0.15) is 11.4 Å². The summed E-state index contributed by atoms with van der Waals surface area (Å²) >= 11 is 0. The fourth-order valence-electron chi connectivity index (χ4n) is 2.67. The van der Waals surface area contributed by atoms with E-state index in [0.29, 0.717) is 49.3 Å². The molecule has 144 valence electrons. The lowest BCUT2D eigenvalue weighted by molar-refractivity contribution is 0.122. The first-order valence-electron chi connectivity index (χ1n) is 8.26. The zero-order valence-corrected chi connectivity index (χ0v) is 14.8. The van der Waals surface area contributed by atoms with E-state index in [-0.39, 0.29) is 0 Å². The molecule has 0 spiro atoms. The Balaban J connectivity index is 1.75. The van der Waals surface area contributed by atoms with Gasteiger partial charge in [-0.15, -0.1) is 0 Å². The van der Waals surface area contributed by atoms with Gasteiger partial charge in [-0.05, 0) is 26.0 Å². The van der Waals surface area contributed by atoms with Gasteiger partial charge < -0.3 is 20.3 Å². The number of halogens is 3. The Kier molecular flexibility index (Phi) is 5.45. The standard InChI is InChI=1S/C17H18F3N5O2/c1-9-15(10(2)22-16(21-9)25-5-7-27-8-6-25)24-17(26)23-12-4-3-11(18)13(19)14(12)20/h3-4H,5-8H2,1-2H3,(H2,23,24,26). The number of hydrogen-bond donors (Lipinski definition) is 2. The molecule has 2 N–H and O–H groups in total. The number of amides is 2. The van der Waals surface area contributed by atoms with E-state index in [1.807, 2.05) is 4.90 Å². The number of urea groups is 1. The number of ether oxygens (including phenoxy) is 1. The average molecular weight is 381 g/mol. The number of aryl methyl sites for hydroxylation is 2. The van der Waals surface area contributed by atoms with Crippen molar-refractivity contribution in [1.82, 2.24) is 9.97 Å². The highest BCUT2D eigenvalue weighted by Crippen LogP contribution is 2.23. The number of carbonyl (C=O) groups is 1. The molecule has 0 bridgehead atoms. The van der Waals surface area contributed by atoms with Crippen molar-refractivity contribution in [2.75, 3.05) is 41.8 Å². The fourth-order valence-corrected chi connectivity index (χ4v) is 2.67. The summed E-state index contributed by atoms with van der Waals surface area (Å²) in [5.74, 6) is -3.93. The first-order valence-corrected chi connectivity index (χ1v) is 8.26. The Morgan fingerprint density at radius 3 is 2.30 bits per heavy atom. The summed E-state index contributed by atoms with van der Waals surface area (Å²) < 4.78 is 45.2. The number of benzene rings is 1. The van der Waals surface area contributed by atoms with Crippen molar-refractivity contribution in [3.63, 3.8) is 0 Å². The molecule has 27 heavy (non-hydrogen) atoms. The van der Waals surface area contributed by atoms with Crippen LogP contribution in [0.3, 0.4) is 0 Å². The van der Waals surface area contributed by atoms with Crippen LogP contribution >= 0.6 is 0 Å². The molecular formula is C17H18F3N5O2. The molecule has 1 saturated heterocycles. The van der Waals surface area contributed by atoms with Crippen LogP contribution in [0, 0.1) is 31.3 Å². The molecule has 3 rings (SSSR count). The molecule has 0 saturated carbocycles. The maximum absolute atomic E-state index is 13.7. The molecule has 10 heteroatoms. The van der Waals surface area contributed by atoms with Crippen molar-refractivity contribution in [3.05, 3.63) is 41.0 Å². The number of anilines is 3. The van der Waals surface area contributed by atoms with Crippen LogP contribution in [0.25, 0.3) is 0 Å². The van der Waals surface area contributed by atoms with Crippen LogP contribution in [0.15, 0.2) is 12.1 Å². The first kappa shape index (κ1) is 18.9. The molecule has 2 heterocycles. The minimum Gasteiger partial charge on any atom is -0.378 e. The van der Waals surface area contributed by atoms with E-state index < -0.39 is 29.2 Å². The van der Waals surface area contributed by atoms with Crippen LogP contribution in [0.4, 0.5) is 35.3 Å². The normalized spacial score (nSPS) is 14.2. The van der Waals surface area contributed by atoms with Crippen molar-refractivity contribution in [2.45, 2.75) is 13.8 Å². The molecule has 0 atom stereocenters. The molecule has 1 aromatic heterocycles. The van der Waals surface area contributed by atoms with E-state index in [1.54, 1.807) is 13.8 Å². The third kappa shape index (κ3) is 4.11. The quantitative estimate of drug-likeness (QED) is 0.799. The van der Waals surface area contributed by atoms with E-state index >= 15 is 0 Å². The Bertz CT molecular complexity index is 849. The lowest BCUT2D eigenvalue weighted by Crippen LogP contribution is -2.37. The lowest BCUT2D eigenvalue weighted by Gasteiger charge is -2.27. The van der Waals surface area contributed by atoms with Crippen molar-refractivity contribution in [1.29, 1.82) is 0 Å². The molecule has 1 aromatic carbocycles. The highest BCUT2D eigenvalue weighted by atomic mass is 19.2. The number of carbonyl (C=O) groups excluding carboxylic acids is 1. The van der Waals surface area contributed by atoms with Gasteiger partial charge in [0, 0.05) is 13.1 Å². The van der Waals surface area contributed by atoms with Crippen LogP contribution in [-0.4, -0.2) is 42.3 Å². The predicted octanol–water partition coefficient (Wildman–Crippen LogP) is 2.99. The van der Waals surface area contributed by atoms with Gasteiger partial charge in [0.25, 0.3) is 0 Å². The molecule has 0 unspecified atom stereocenters. The Hall–Kier alpha value is -2.88. The summed E-state index contributed by atoms with van der Waals surface area (Å²) in [6.45, 7) is 5.91. The third-order valence-corrected chi connectivity index (χ3v) is 4.07. The molecule has 1 aliphatic heterocycles. The Labute approximate surface area is 153 Å². The van der Waals surface area contributed by atoms with Crippen molar-refractivity contribution in [2.24, 2.45) is 0 Å². The smallest absolute Gasteiger partial charge is 0.323 e. The van der Waals surface area contributed by atoms with Gasteiger partial charge in [-0.1, -0.05) is 0 Å². The largest absolute Gasteiger partial charge is 0.378 e. The topological polar surface area (TPSA) is 79.4 Å². The predicted molar refractivity (Wildman–Crippen MR) is 93.5 cm³/mol. The molecular weight excluding hydrogens is 363 g/mol. The first-order chi connectivity index (χ1) is 12.9. The number of rotatable bonds is 3. The lowest BCUT2D eigenvalue weighted by atomic mass is 10.2. The second-order valence-corrected chi connectivity index (χ2v) is 5.97. The highest BCUT2D eigenvalue weighted by Gasteiger charge is 2.19. The maximum Gasteiger partial charge on any atom is 0.323 e. The number of nitrogens with zero attached hydrogens (tertiary/aromatic N) is 3. The molecule has 2 aromatic rings. The summed E-state index contributed by atoms with van der Waals surface area (Å²) in [6.07, 6.45) is 0. The van der Waals surface area contributed by atoms with Crippen molar-refractivity contribution >= 4 is 23.4 Å². The monoisotopic (exact) mass is 381 g/mol. The van der Waals surface area contributed by atoms with Crippen molar-refractivity contribution in [3.8, 4) is 0 Å². The summed E-state index contributed by atoms with van der Waals surface area (Å²) in [5, 5.41) is 4.66. The summed E-state index contributed by atoms with van der Waals surface area (Å²) in [6, 6.07) is 0.837. The highest BCUT2D eigenvalue weighted by molar-refractivity contribution is 6.00. The van der Waals surface area contributed by atoms with E-state index in [9.17, 15) is 18.0 Å². The van der Waals surface area contributed by atoms with Gasteiger partial charge in [-0.25, -0.2) is 27.9 Å². The van der Waals surface area contributed by atoms with Crippen LogP contribution < -0.4 is 15.5 Å². The minimum atomic E-state index is -1.65. The molecule has 2 amide bonds. The van der Waals surface area contributed by atoms with Gasteiger partial charge in [0.05, 0.1) is 36.0 Å². The molecule has 0 aliphatic carbocycles. The Morgan fingerprint density at radius 1 is 1.04 bits per heavy atom. The second kappa shape index (κ2) is 7.78. The third-order valence-electron chi connectivity index (χ3n) is 4.07. The second-order valence-electron chi connectivity index (χ2n) is 5.97. The number of nitrogens with one attached hydrogen (secondary N) is 2. The minimum absolute atomic E-state index is 0.354. The molecule has 7 nitrogen and oxygen atoms in total. The van der Waals surface area contributed by atoms with Gasteiger partial charge in [-0.2, -0.15) is 0 Å². The fraction of sp³-hybridized carbons (Fsp3) is 0.353. The van der Waals surface area contributed by atoms with E-state index in [1.165, 1.54) is 0 Å². The Morgan fingerprint density at radius 2 is 1.67 bits per heavy atom. The van der Waals surface area contributed by atoms with Crippen molar-refractivity contribution < 1.29 is 22.7 Å². The average Bonchev–Trinajstić information content (AvgIpc) is 2.66. The summed E-state index contributed by atoms with van der Waals surface area (Å²) in [7, 11) is 0. The summed E-state index contributed by atoms with van der Waals surface area (Å²) in [4.78, 5) is 22.9. The molecule has 1 aliphatic rings. The van der Waals surface area contributed by atoms with Gasteiger partial charge in [0.1, 0.15) is 0 Å². The van der Waals surface area contributed by atoms with E-state index in [2.05, 4.69) is 20.6 Å². The zero-order chi connectivity index (χ0) is 19.6. The van der Waals surface area contributed by atoms with Crippen LogP contribution in [0.2, 0.25) is 0 Å².